The Morgan fingerprint density at radius 3 is 2.75 bits per heavy atom. The summed E-state index contributed by atoms with van der Waals surface area (Å²) in [7, 11) is 1.33. The minimum absolute atomic E-state index is 0.0518. The number of aromatic carboxylic acids is 1. The highest BCUT2D eigenvalue weighted by molar-refractivity contribution is 6.69. The zero-order valence-corrected chi connectivity index (χ0v) is 10.6. The molecule has 7 nitrogen and oxygen atoms in total. The number of rotatable bonds is 2. The van der Waals surface area contributed by atoms with Crippen molar-refractivity contribution in [3.8, 4) is 11.5 Å². The van der Waals surface area contributed by atoms with Gasteiger partial charge in [0.05, 0.1) is 19.5 Å². The summed E-state index contributed by atoms with van der Waals surface area (Å²) in [6.45, 7) is -3.05. The molecule has 0 saturated carbocycles. The van der Waals surface area contributed by atoms with Crippen molar-refractivity contribution in [3.63, 3.8) is 0 Å². The quantitative estimate of drug-likeness (QED) is 0.656. The van der Waals surface area contributed by atoms with E-state index in [4.69, 9.17) is 14.1 Å². The van der Waals surface area contributed by atoms with E-state index < -0.39 is 12.7 Å². The van der Waals surface area contributed by atoms with Gasteiger partial charge in [-0.2, -0.15) is 0 Å². The molecule has 2 aliphatic rings. The van der Waals surface area contributed by atoms with Gasteiger partial charge < -0.3 is 29.3 Å². The molecule has 2 heterocycles. The first kappa shape index (κ1) is 13.0. The summed E-state index contributed by atoms with van der Waals surface area (Å²) in [6.07, 6.45) is 0. The first-order valence-corrected chi connectivity index (χ1v) is 5.98. The highest BCUT2D eigenvalue weighted by atomic mass is 16.6. The van der Waals surface area contributed by atoms with Gasteiger partial charge in [-0.1, -0.05) is 5.47 Å². The van der Waals surface area contributed by atoms with Crippen LogP contribution in [0.15, 0.2) is 17.6 Å². The Bertz CT molecular complexity index is 635. The maximum absolute atomic E-state index is 11.4. The van der Waals surface area contributed by atoms with Crippen LogP contribution in [0.3, 0.4) is 0 Å². The number of fused-ring (bicyclic) bond motifs is 2. The van der Waals surface area contributed by atoms with Crippen LogP contribution in [0.25, 0.3) is 5.57 Å². The molecule has 3 rings (SSSR count). The molecule has 0 spiro atoms. The van der Waals surface area contributed by atoms with Crippen molar-refractivity contribution < 1.29 is 34.1 Å². The van der Waals surface area contributed by atoms with Gasteiger partial charge in [0, 0.05) is 12.2 Å². The second-order valence-electron chi connectivity index (χ2n) is 4.64. The molecule has 0 saturated heterocycles. The van der Waals surface area contributed by atoms with E-state index in [9.17, 15) is 19.9 Å². The van der Waals surface area contributed by atoms with Crippen LogP contribution in [-0.2, 0) is 4.74 Å². The molecule has 20 heavy (non-hydrogen) atoms. The van der Waals surface area contributed by atoms with Gasteiger partial charge in [0.15, 0.2) is 0 Å². The van der Waals surface area contributed by atoms with E-state index in [1.54, 1.807) is 6.07 Å². The number of methoxy groups -OCH3 is 1. The van der Waals surface area contributed by atoms with Crippen LogP contribution < -0.4 is 9.39 Å². The van der Waals surface area contributed by atoms with Crippen LogP contribution >= 0.6 is 0 Å². The van der Waals surface area contributed by atoms with Gasteiger partial charge in [-0.25, -0.2) is 4.79 Å². The molecule has 0 unspecified atom stereocenters. The number of hydrogen-bond donors (Lipinski definition) is 3. The number of ether oxygens (including phenoxy) is 2. The number of carboxylic acid groups (broad SMARTS) is 1. The predicted octanol–water partition coefficient (Wildman–Crippen LogP) is 0.0323. The molecule has 0 amide bonds. The summed E-state index contributed by atoms with van der Waals surface area (Å²) in [5, 5.41) is 29.3. The molecule has 8 heteroatoms. The zero-order valence-electron chi connectivity index (χ0n) is 10.6. The fraction of sp³-hybridized carbons (Fsp3) is 0.250. The summed E-state index contributed by atoms with van der Waals surface area (Å²) in [5.74, 6) is -1.29. The van der Waals surface area contributed by atoms with Gasteiger partial charge >= 0.3 is 12.7 Å². The van der Waals surface area contributed by atoms with Gasteiger partial charge in [0.2, 0.25) is 0 Å². The predicted molar refractivity (Wildman–Crippen MR) is 68.5 cm³/mol. The standard InChI is InChI=1S/C12H12BO7/c1-18-9-3-2-6-7-4-19-5-8(7)13(16,17)20-11(6)10(9)12(14)15/h2-3,16-17H,4-5H2,1H3,(H,14,15)/q-1. The van der Waals surface area contributed by atoms with E-state index in [2.05, 4.69) is 0 Å². The maximum Gasteiger partial charge on any atom is 0.460 e. The average Bonchev–Trinajstić information content (AvgIpc) is 2.87. The molecule has 0 aromatic heterocycles. The SMILES string of the molecule is COc1ccc2c(c1C(=O)O)O[B-](O)(O)C1=C2COC1. The fourth-order valence-corrected chi connectivity index (χ4v) is 2.56. The Labute approximate surface area is 114 Å². The van der Waals surface area contributed by atoms with Gasteiger partial charge in [0.1, 0.15) is 11.3 Å². The summed E-state index contributed by atoms with van der Waals surface area (Å²) in [6, 6.07) is 3.12. The van der Waals surface area contributed by atoms with Crippen molar-refractivity contribution in [2.24, 2.45) is 0 Å². The van der Waals surface area contributed by atoms with Gasteiger partial charge in [-0.3, -0.25) is 0 Å². The number of benzene rings is 1. The summed E-state index contributed by atoms with van der Waals surface area (Å²) in [4.78, 5) is 11.4. The molecule has 3 N–H and O–H groups in total. The molecule has 0 bridgehead atoms. The second kappa shape index (κ2) is 4.24. The van der Waals surface area contributed by atoms with Crippen molar-refractivity contribution in [1.29, 1.82) is 0 Å². The van der Waals surface area contributed by atoms with E-state index in [1.807, 2.05) is 0 Å². The van der Waals surface area contributed by atoms with Crippen molar-refractivity contribution in [3.05, 3.63) is 28.7 Å². The van der Waals surface area contributed by atoms with E-state index in [0.717, 1.165) is 0 Å². The number of hydrogen-bond acceptors (Lipinski definition) is 6. The molecule has 1 aromatic rings. The third-order valence-corrected chi connectivity index (χ3v) is 3.51. The smallest absolute Gasteiger partial charge is 0.460 e. The van der Waals surface area contributed by atoms with Crippen LogP contribution in [0, 0.1) is 0 Å². The highest BCUT2D eigenvalue weighted by Gasteiger charge is 2.40. The van der Waals surface area contributed by atoms with Crippen LogP contribution in [-0.4, -0.2) is 48.2 Å². The van der Waals surface area contributed by atoms with E-state index >= 15 is 0 Å². The zero-order chi connectivity index (χ0) is 14.5. The van der Waals surface area contributed by atoms with Crippen molar-refractivity contribution in [1.82, 2.24) is 0 Å². The number of carboxylic acids is 1. The van der Waals surface area contributed by atoms with Crippen molar-refractivity contribution in [2.75, 3.05) is 20.3 Å². The molecular weight excluding hydrogens is 267 g/mol. The molecular formula is C12H12BO7-. The van der Waals surface area contributed by atoms with Gasteiger partial charge in [-0.15, -0.1) is 0 Å². The lowest BCUT2D eigenvalue weighted by Gasteiger charge is -2.38. The molecule has 0 aliphatic carbocycles. The summed E-state index contributed by atoms with van der Waals surface area (Å²) >= 11 is 0. The third kappa shape index (κ3) is 1.69. The van der Waals surface area contributed by atoms with Crippen LogP contribution in [0.4, 0.5) is 0 Å². The topological polar surface area (TPSA) is 105 Å². The molecule has 1 aromatic carbocycles. The van der Waals surface area contributed by atoms with Crippen LogP contribution in [0.2, 0.25) is 0 Å². The molecule has 0 fully saturated rings. The molecule has 0 radical (unpaired) electrons. The van der Waals surface area contributed by atoms with Gasteiger partial charge in [0.25, 0.3) is 0 Å². The minimum Gasteiger partial charge on any atom is -0.666 e. The number of carbonyl (C=O) groups is 1. The van der Waals surface area contributed by atoms with E-state index in [1.165, 1.54) is 13.2 Å². The van der Waals surface area contributed by atoms with Crippen molar-refractivity contribution in [2.45, 2.75) is 0 Å². The van der Waals surface area contributed by atoms with Gasteiger partial charge in [-0.05, 0) is 17.7 Å². The third-order valence-electron chi connectivity index (χ3n) is 3.51. The first-order chi connectivity index (χ1) is 9.45. The lowest BCUT2D eigenvalue weighted by molar-refractivity contribution is 0.0690. The maximum atomic E-state index is 11.4. The molecule has 106 valence electrons. The first-order valence-electron chi connectivity index (χ1n) is 5.98. The monoisotopic (exact) mass is 279 g/mol. The summed E-state index contributed by atoms with van der Waals surface area (Å²) in [5.41, 5.74) is 1.05. The van der Waals surface area contributed by atoms with E-state index in [-0.39, 0.29) is 35.7 Å². The van der Waals surface area contributed by atoms with Crippen molar-refractivity contribution >= 4 is 18.3 Å². The lowest BCUT2D eigenvalue weighted by Crippen LogP contribution is -2.48. The molecule has 0 atom stereocenters. The average molecular weight is 279 g/mol. The van der Waals surface area contributed by atoms with E-state index in [0.29, 0.717) is 11.1 Å². The summed E-state index contributed by atoms with van der Waals surface area (Å²) < 4.78 is 15.3. The fourth-order valence-electron chi connectivity index (χ4n) is 2.56. The lowest BCUT2D eigenvalue weighted by atomic mass is 9.65. The Morgan fingerprint density at radius 2 is 2.10 bits per heavy atom. The minimum atomic E-state index is -3.28. The highest BCUT2D eigenvalue weighted by Crippen LogP contribution is 2.44. The van der Waals surface area contributed by atoms with Crippen LogP contribution in [0.5, 0.6) is 11.5 Å². The second-order valence-corrected chi connectivity index (χ2v) is 4.64. The Kier molecular flexibility index (Phi) is 2.75. The normalized spacial score (nSPS) is 19.1. The Balaban J connectivity index is 2.29. The largest absolute Gasteiger partial charge is 0.666 e. The Hall–Kier alpha value is -2.03. The molecule has 2 aliphatic heterocycles. The Morgan fingerprint density at radius 1 is 1.35 bits per heavy atom. The van der Waals surface area contributed by atoms with Crippen LogP contribution in [0.1, 0.15) is 15.9 Å².